The van der Waals surface area contributed by atoms with E-state index in [-0.39, 0.29) is 11.7 Å². The van der Waals surface area contributed by atoms with E-state index in [0.717, 1.165) is 5.56 Å². The Balaban J connectivity index is 2.16. The zero-order valence-corrected chi connectivity index (χ0v) is 10.4. The summed E-state index contributed by atoms with van der Waals surface area (Å²) in [6, 6.07) is 4.25. The lowest BCUT2D eigenvalue weighted by atomic mass is 10.1. The second-order valence-corrected chi connectivity index (χ2v) is 4.53. The van der Waals surface area contributed by atoms with Gasteiger partial charge in [0.2, 0.25) is 0 Å². The molecule has 6 nitrogen and oxygen atoms in total. The third-order valence-electron chi connectivity index (χ3n) is 3.12. The highest BCUT2D eigenvalue weighted by Gasteiger charge is 2.31. The summed E-state index contributed by atoms with van der Waals surface area (Å²) in [5.74, 6) is -1.67. The van der Waals surface area contributed by atoms with Crippen LogP contribution in [0.25, 0.3) is 0 Å². The van der Waals surface area contributed by atoms with Crippen LogP contribution < -0.4 is 10.1 Å². The zero-order valence-electron chi connectivity index (χ0n) is 10.4. The van der Waals surface area contributed by atoms with E-state index in [9.17, 15) is 9.59 Å². The molecular weight excluding hydrogens is 250 g/mol. The van der Waals surface area contributed by atoms with Crippen molar-refractivity contribution >= 4 is 11.9 Å². The third-order valence-corrected chi connectivity index (χ3v) is 3.12. The lowest BCUT2D eigenvalue weighted by Crippen LogP contribution is -2.30. The molecule has 102 valence electrons. The van der Waals surface area contributed by atoms with Crippen LogP contribution in [-0.2, 0) is 4.79 Å². The predicted molar refractivity (Wildman–Crippen MR) is 66.6 cm³/mol. The fourth-order valence-electron chi connectivity index (χ4n) is 2.13. The van der Waals surface area contributed by atoms with Crippen LogP contribution in [0.1, 0.15) is 22.3 Å². The van der Waals surface area contributed by atoms with Gasteiger partial charge in [0.15, 0.2) is 0 Å². The maximum atomic E-state index is 11.1. The third kappa shape index (κ3) is 2.85. The summed E-state index contributed by atoms with van der Waals surface area (Å²) in [5, 5.41) is 20.8. The van der Waals surface area contributed by atoms with Crippen LogP contribution >= 0.6 is 0 Å². The van der Waals surface area contributed by atoms with E-state index in [2.05, 4.69) is 5.32 Å². The van der Waals surface area contributed by atoms with Crippen molar-refractivity contribution in [2.45, 2.75) is 25.5 Å². The van der Waals surface area contributed by atoms with E-state index >= 15 is 0 Å². The maximum Gasteiger partial charge on any atom is 0.339 e. The summed E-state index contributed by atoms with van der Waals surface area (Å²) >= 11 is 0. The van der Waals surface area contributed by atoms with Gasteiger partial charge in [-0.1, -0.05) is 12.1 Å². The monoisotopic (exact) mass is 265 g/mol. The van der Waals surface area contributed by atoms with Crippen molar-refractivity contribution in [3.63, 3.8) is 0 Å². The summed E-state index contributed by atoms with van der Waals surface area (Å²) in [6.45, 7) is 2.16. The number of hydrogen-bond acceptors (Lipinski definition) is 4. The first-order valence-corrected chi connectivity index (χ1v) is 5.94. The van der Waals surface area contributed by atoms with Gasteiger partial charge in [-0.25, -0.2) is 4.79 Å². The molecule has 3 N–H and O–H groups in total. The van der Waals surface area contributed by atoms with Gasteiger partial charge in [0.1, 0.15) is 23.5 Å². The van der Waals surface area contributed by atoms with Crippen molar-refractivity contribution in [3.05, 3.63) is 29.3 Å². The number of carboxylic acid groups (broad SMARTS) is 2. The van der Waals surface area contributed by atoms with E-state index in [1.807, 2.05) is 0 Å². The molecule has 2 rings (SSSR count). The molecule has 1 aromatic carbocycles. The zero-order chi connectivity index (χ0) is 14.0. The smallest absolute Gasteiger partial charge is 0.339 e. The van der Waals surface area contributed by atoms with Crippen LogP contribution in [0.4, 0.5) is 0 Å². The number of carbonyl (C=O) groups is 2. The van der Waals surface area contributed by atoms with Crippen molar-refractivity contribution < 1.29 is 24.5 Å². The predicted octanol–water partition coefficient (Wildman–Crippen LogP) is 0.887. The van der Waals surface area contributed by atoms with Crippen molar-refractivity contribution in [1.82, 2.24) is 5.32 Å². The molecule has 1 saturated heterocycles. The summed E-state index contributed by atoms with van der Waals surface area (Å²) in [6.07, 6.45) is -0.0109. The Morgan fingerprint density at radius 1 is 1.37 bits per heavy atom. The van der Waals surface area contributed by atoms with Gasteiger partial charge in [0.05, 0.1) is 0 Å². The van der Waals surface area contributed by atoms with Crippen LogP contribution in [0.15, 0.2) is 18.2 Å². The number of ether oxygens (including phenoxy) is 1. The Labute approximate surface area is 110 Å². The van der Waals surface area contributed by atoms with Crippen LogP contribution in [0.5, 0.6) is 5.75 Å². The molecule has 0 spiro atoms. The van der Waals surface area contributed by atoms with Crippen LogP contribution in [0, 0.1) is 6.92 Å². The molecule has 0 amide bonds. The number of benzene rings is 1. The Kier molecular flexibility index (Phi) is 3.71. The highest BCUT2D eigenvalue weighted by molar-refractivity contribution is 5.91. The largest absolute Gasteiger partial charge is 0.488 e. The highest BCUT2D eigenvalue weighted by atomic mass is 16.5. The Bertz CT molecular complexity index is 514. The van der Waals surface area contributed by atoms with E-state index in [4.69, 9.17) is 14.9 Å². The Morgan fingerprint density at radius 2 is 2.11 bits per heavy atom. The fourth-order valence-corrected chi connectivity index (χ4v) is 2.13. The van der Waals surface area contributed by atoms with Gasteiger partial charge in [-0.05, 0) is 18.6 Å². The molecule has 0 aliphatic carbocycles. The van der Waals surface area contributed by atoms with Crippen LogP contribution in [0.3, 0.4) is 0 Å². The first-order valence-electron chi connectivity index (χ1n) is 5.94. The van der Waals surface area contributed by atoms with Gasteiger partial charge in [-0.3, -0.25) is 4.79 Å². The minimum atomic E-state index is -1.06. The summed E-state index contributed by atoms with van der Waals surface area (Å²) in [5.41, 5.74) is 0.817. The van der Waals surface area contributed by atoms with Crippen molar-refractivity contribution in [2.75, 3.05) is 6.54 Å². The minimum Gasteiger partial charge on any atom is -0.488 e. The van der Waals surface area contributed by atoms with Crippen molar-refractivity contribution in [2.24, 2.45) is 0 Å². The van der Waals surface area contributed by atoms with Gasteiger partial charge in [0.25, 0.3) is 0 Å². The van der Waals surface area contributed by atoms with E-state index in [1.165, 1.54) is 6.07 Å². The highest BCUT2D eigenvalue weighted by Crippen LogP contribution is 2.26. The number of carboxylic acids is 2. The second kappa shape index (κ2) is 5.27. The molecule has 0 aromatic heterocycles. The first-order chi connectivity index (χ1) is 8.99. The molecule has 2 unspecified atom stereocenters. The van der Waals surface area contributed by atoms with Crippen molar-refractivity contribution in [1.29, 1.82) is 0 Å². The Hall–Kier alpha value is -2.08. The standard InChI is InChI=1S/C13H15NO5/c1-7-3-2-4-9(12(15)16)11(7)19-8-5-10(13(17)18)14-6-8/h2-4,8,10,14H,5-6H2,1H3,(H,15,16)(H,17,18). The summed E-state index contributed by atoms with van der Waals surface area (Å²) in [4.78, 5) is 22.0. The minimum absolute atomic E-state index is 0.0961. The topological polar surface area (TPSA) is 95.9 Å². The molecule has 1 heterocycles. The number of para-hydroxylation sites is 1. The maximum absolute atomic E-state index is 11.1. The molecule has 1 fully saturated rings. The van der Waals surface area contributed by atoms with Crippen LogP contribution in [-0.4, -0.2) is 40.8 Å². The normalized spacial score (nSPS) is 22.2. The number of aromatic carboxylic acids is 1. The molecule has 1 aliphatic rings. The molecular formula is C13H15NO5. The van der Waals surface area contributed by atoms with Gasteiger partial charge in [-0.15, -0.1) is 0 Å². The number of aliphatic carboxylic acids is 1. The van der Waals surface area contributed by atoms with Gasteiger partial charge in [0, 0.05) is 13.0 Å². The average molecular weight is 265 g/mol. The van der Waals surface area contributed by atoms with E-state index in [0.29, 0.717) is 18.7 Å². The van der Waals surface area contributed by atoms with Crippen LogP contribution in [0.2, 0.25) is 0 Å². The molecule has 0 bridgehead atoms. The lowest BCUT2D eigenvalue weighted by Gasteiger charge is -2.16. The average Bonchev–Trinajstić information content (AvgIpc) is 2.80. The Morgan fingerprint density at radius 3 is 2.68 bits per heavy atom. The fraction of sp³-hybridized carbons (Fsp3) is 0.385. The summed E-state index contributed by atoms with van der Waals surface area (Å²) < 4.78 is 5.67. The number of rotatable bonds is 4. The second-order valence-electron chi connectivity index (χ2n) is 4.53. The first kappa shape index (κ1) is 13.4. The van der Waals surface area contributed by atoms with E-state index in [1.54, 1.807) is 19.1 Å². The van der Waals surface area contributed by atoms with Crippen molar-refractivity contribution in [3.8, 4) is 5.75 Å². The molecule has 19 heavy (non-hydrogen) atoms. The van der Waals surface area contributed by atoms with Gasteiger partial charge < -0.3 is 20.3 Å². The van der Waals surface area contributed by atoms with E-state index < -0.39 is 18.0 Å². The summed E-state index contributed by atoms with van der Waals surface area (Å²) in [7, 11) is 0. The molecule has 1 aliphatic heterocycles. The SMILES string of the molecule is Cc1cccc(C(=O)O)c1OC1CNC(C(=O)O)C1. The molecule has 1 aromatic rings. The molecule has 6 heteroatoms. The van der Waals surface area contributed by atoms with Gasteiger partial charge >= 0.3 is 11.9 Å². The number of nitrogens with one attached hydrogen (secondary N) is 1. The molecule has 2 atom stereocenters. The quantitative estimate of drug-likeness (QED) is 0.748. The lowest BCUT2D eigenvalue weighted by molar-refractivity contribution is -0.139. The number of hydrogen-bond donors (Lipinski definition) is 3. The number of aryl methyl sites for hydroxylation is 1. The molecule has 0 radical (unpaired) electrons. The van der Waals surface area contributed by atoms with Gasteiger partial charge in [-0.2, -0.15) is 0 Å². The molecule has 0 saturated carbocycles.